The maximum atomic E-state index is 13.0. The van der Waals surface area contributed by atoms with E-state index in [-0.39, 0.29) is 59.4 Å². The van der Waals surface area contributed by atoms with E-state index in [2.05, 4.69) is 0 Å². The predicted octanol–water partition coefficient (Wildman–Crippen LogP) is -0.219. The van der Waals surface area contributed by atoms with Crippen molar-refractivity contribution in [1.82, 2.24) is 0 Å². The normalized spacial score (nSPS) is 23.8. The molecule has 1 unspecified atom stereocenters. The fraction of sp³-hybridized carbons (Fsp3) is 0.375. The number of aromatic hydroxyl groups is 3. The average molecular weight is 522 g/mol. The summed E-state index contributed by atoms with van der Waals surface area (Å²) in [6.45, 7) is -0.281. The van der Waals surface area contributed by atoms with Crippen LogP contribution in [0.4, 0.5) is 0 Å². The standard InChI is InChI=1S/C24H26O13/c1-33-23-19(29)17-14(27)7-11(8-15(17)36-22(23)10-2-3-12(25)13(26)6-10)35-5-4-34-9-16-18(28)20(30)21(31)24(32)37-16/h2-3,6-8,16,18,20-21,24-28,30-32H,4-5,9H2,1H3/t16-,18-,20+,21-,24?/m0/s1. The highest BCUT2D eigenvalue weighted by atomic mass is 16.6. The van der Waals surface area contributed by atoms with Crippen LogP contribution in [0.5, 0.6) is 28.7 Å². The first-order valence-corrected chi connectivity index (χ1v) is 11.1. The van der Waals surface area contributed by atoms with E-state index in [0.29, 0.717) is 0 Å². The van der Waals surface area contributed by atoms with Crippen molar-refractivity contribution < 1.29 is 59.1 Å². The molecule has 1 fully saturated rings. The number of phenols is 3. The molecule has 200 valence electrons. The molecule has 13 heteroatoms. The van der Waals surface area contributed by atoms with E-state index in [1.807, 2.05) is 0 Å². The molecule has 37 heavy (non-hydrogen) atoms. The number of hydrogen-bond acceptors (Lipinski definition) is 13. The molecule has 0 amide bonds. The lowest BCUT2D eigenvalue weighted by atomic mass is 9.99. The van der Waals surface area contributed by atoms with Gasteiger partial charge in [0.25, 0.3) is 0 Å². The Hall–Kier alpha value is -3.59. The van der Waals surface area contributed by atoms with Crippen LogP contribution in [0.1, 0.15) is 0 Å². The molecule has 2 aromatic carbocycles. The SMILES string of the molecule is COc1c(-c2ccc(O)c(O)c2)oc2cc(OCCOC[C@@H]3OC(O)[C@@H](O)[C@H](O)[C@H]3O)cc(O)c2c1=O. The number of phenolic OH excluding ortho intramolecular Hbond substituents is 3. The summed E-state index contributed by atoms with van der Waals surface area (Å²) < 4.78 is 26.9. The summed E-state index contributed by atoms with van der Waals surface area (Å²) in [6, 6.07) is 6.37. The van der Waals surface area contributed by atoms with Crippen molar-refractivity contribution in [1.29, 1.82) is 0 Å². The Morgan fingerprint density at radius 1 is 0.892 bits per heavy atom. The highest BCUT2D eigenvalue weighted by molar-refractivity contribution is 5.88. The summed E-state index contributed by atoms with van der Waals surface area (Å²) in [5.74, 6) is -1.37. The molecule has 1 aliphatic heterocycles. The molecule has 0 bridgehead atoms. The van der Waals surface area contributed by atoms with Crippen molar-refractivity contribution >= 4 is 11.0 Å². The third-order valence-electron chi connectivity index (χ3n) is 5.81. The minimum Gasteiger partial charge on any atom is -0.507 e. The lowest BCUT2D eigenvalue weighted by Crippen LogP contribution is -2.58. The van der Waals surface area contributed by atoms with Crippen LogP contribution in [0.15, 0.2) is 39.5 Å². The number of aliphatic hydroxyl groups excluding tert-OH is 4. The molecule has 3 aromatic rings. The van der Waals surface area contributed by atoms with Gasteiger partial charge in [-0.1, -0.05) is 0 Å². The first-order valence-electron chi connectivity index (χ1n) is 11.1. The molecule has 2 heterocycles. The number of aliphatic hydroxyl groups is 4. The molecule has 5 atom stereocenters. The number of methoxy groups -OCH3 is 1. The van der Waals surface area contributed by atoms with Crippen molar-refractivity contribution in [2.75, 3.05) is 26.9 Å². The molecule has 1 aromatic heterocycles. The van der Waals surface area contributed by atoms with Gasteiger partial charge in [-0.3, -0.25) is 4.79 Å². The van der Waals surface area contributed by atoms with Crippen molar-refractivity contribution in [3.63, 3.8) is 0 Å². The van der Waals surface area contributed by atoms with Crippen LogP contribution in [0, 0.1) is 0 Å². The molecule has 0 radical (unpaired) electrons. The number of ether oxygens (including phenoxy) is 4. The predicted molar refractivity (Wildman–Crippen MR) is 125 cm³/mol. The van der Waals surface area contributed by atoms with Crippen LogP contribution in [-0.2, 0) is 9.47 Å². The van der Waals surface area contributed by atoms with Crippen molar-refractivity contribution in [3.05, 3.63) is 40.6 Å². The van der Waals surface area contributed by atoms with Crippen molar-refractivity contribution in [2.24, 2.45) is 0 Å². The van der Waals surface area contributed by atoms with E-state index in [9.17, 15) is 40.5 Å². The molecule has 0 spiro atoms. The molecule has 1 aliphatic rings. The summed E-state index contributed by atoms with van der Waals surface area (Å²) in [5.41, 5.74) is -0.469. The second kappa shape index (κ2) is 10.8. The summed E-state index contributed by atoms with van der Waals surface area (Å²) in [4.78, 5) is 13.0. The Morgan fingerprint density at radius 3 is 2.35 bits per heavy atom. The molecule has 0 aliphatic carbocycles. The Bertz CT molecular complexity index is 1320. The largest absolute Gasteiger partial charge is 0.507 e. The van der Waals surface area contributed by atoms with E-state index in [4.69, 9.17) is 23.4 Å². The van der Waals surface area contributed by atoms with Gasteiger partial charge < -0.3 is 59.1 Å². The monoisotopic (exact) mass is 522 g/mol. The van der Waals surface area contributed by atoms with Crippen LogP contribution in [0.2, 0.25) is 0 Å². The maximum absolute atomic E-state index is 13.0. The fourth-order valence-electron chi connectivity index (χ4n) is 3.87. The lowest BCUT2D eigenvalue weighted by molar-refractivity contribution is -0.288. The van der Waals surface area contributed by atoms with Crippen LogP contribution in [0.3, 0.4) is 0 Å². The zero-order valence-corrected chi connectivity index (χ0v) is 19.5. The molecule has 7 N–H and O–H groups in total. The number of fused-ring (bicyclic) bond motifs is 1. The quantitative estimate of drug-likeness (QED) is 0.151. The number of hydrogen-bond donors (Lipinski definition) is 7. The molecule has 1 saturated heterocycles. The summed E-state index contributed by atoms with van der Waals surface area (Å²) in [6.07, 6.45) is -7.47. The Kier molecular flexibility index (Phi) is 7.73. The van der Waals surface area contributed by atoms with Gasteiger partial charge in [0.05, 0.1) is 20.3 Å². The van der Waals surface area contributed by atoms with E-state index in [1.54, 1.807) is 0 Å². The topological polar surface area (TPSA) is 209 Å². The van der Waals surface area contributed by atoms with Gasteiger partial charge in [-0.15, -0.1) is 0 Å². The first kappa shape index (κ1) is 26.5. The lowest BCUT2D eigenvalue weighted by Gasteiger charge is -2.38. The van der Waals surface area contributed by atoms with Crippen LogP contribution in [0.25, 0.3) is 22.3 Å². The maximum Gasteiger partial charge on any atom is 0.239 e. The highest BCUT2D eigenvalue weighted by Gasteiger charge is 2.42. The molecule has 13 nitrogen and oxygen atoms in total. The van der Waals surface area contributed by atoms with Crippen molar-refractivity contribution in [2.45, 2.75) is 30.7 Å². The van der Waals surface area contributed by atoms with E-state index in [1.165, 1.54) is 37.4 Å². The molecular weight excluding hydrogens is 496 g/mol. The van der Waals surface area contributed by atoms with E-state index < -0.39 is 47.6 Å². The third kappa shape index (κ3) is 5.27. The van der Waals surface area contributed by atoms with E-state index in [0.717, 1.165) is 0 Å². The van der Waals surface area contributed by atoms with Gasteiger partial charge in [0.15, 0.2) is 23.5 Å². The average Bonchev–Trinajstić information content (AvgIpc) is 2.86. The molecule has 4 rings (SSSR count). The Morgan fingerprint density at radius 2 is 1.65 bits per heavy atom. The summed E-state index contributed by atoms with van der Waals surface area (Å²) in [7, 11) is 1.25. The Labute approximate surface area is 208 Å². The minimum atomic E-state index is -1.67. The summed E-state index contributed by atoms with van der Waals surface area (Å²) >= 11 is 0. The van der Waals surface area contributed by atoms with Gasteiger partial charge in [-0.05, 0) is 18.2 Å². The zero-order chi connectivity index (χ0) is 26.9. The van der Waals surface area contributed by atoms with Gasteiger partial charge in [-0.25, -0.2) is 0 Å². The van der Waals surface area contributed by atoms with E-state index >= 15 is 0 Å². The molecule has 0 saturated carbocycles. The minimum absolute atomic E-state index is 0.0231. The van der Waals surface area contributed by atoms with Gasteiger partial charge in [0.2, 0.25) is 11.2 Å². The van der Waals surface area contributed by atoms with Gasteiger partial charge in [0.1, 0.15) is 53.5 Å². The van der Waals surface area contributed by atoms with Crippen molar-refractivity contribution in [3.8, 4) is 40.1 Å². The molecular formula is C24H26O13. The second-order valence-electron chi connectivity index (χ2n) is 8.27. The van der Waals surface area contributed by atoms with Gasteiger partial charge in [-0.2, -0.15) is 0 Å². The van der Waals surface area contributed by atoms with Gasteiger partial charge >= 0.3 is 0 Å². The zero-order valence-electron chi connectivity index (χ0n) is 19.5. The summed E-state index contributed by atoms with van der Waals surface area (Å²) in [5, 5.41) is 68.4. The number of benzene rings is 2. The third-order valence-corrected chi connectivity index (χ3v) is 5.81. The fourth-order valence-corrected chi connectivity index (χ4v) is 3.87. The Balaban J connectivity index is 1.48. The van der Waals surface area contributed by atoms with Crippen LogP contribution >= 0.6 is 0 Å². The first-order chi connectivity index (χ1) is 17.6. The number of rotatable bonds is 8. The van der Waals surface area contributed by atoms with Gasteiger partial charge in [0, 0.05) is 17.7 Å². The van der Waals surface area contributed by atoms with Crippen LogP contribution < -0.4 is 14.9 Å². The van der Waals surface area contributed by atoms with Crippen LogP contribution in [-0.4, -0.2) is 93.4 Å². The highest BCUT2D eigenvalue weighted by Crippen LogP contribution is 2.38. The second-order valence-corrected chi connectivity index (χ2v) is 8.27. The smallest absolute Gasteiger partial charge is 0.239 e.